The number of rotatable bonds is 0. The quantitative estimate of drug-likeness (QED) is 0.565. The van der Waals surface area contributed by atoms with Crippen LogP contribution in [0.2, 0.25) is 0 Å². The highest BCUT2D eigenvalue weighted by atomic mass is 35.5. The van der Waals surface area contributed by atoms with Gasteiger partial charge in [-0.15, -0.1) is 12.4 Å². The lowest BCUT2D eigenvalue weighted by Gasteiger charge is -2.56. The van der Waals surface area contributed by atoms with E-state index in [0.717, 1.165) is 11.1 Å². The number of ether oxygens (including phenoxy) is 1. The molecule has 0 radical (unpaired) electrons. The van der Waals surface area contributed by atoms with Crippen LogP contribution in [0.1, 0.15) is 21.7 Å². The van der Waals surface area contributed by atoms with Gasteiger partial charge in [0.15, 0.2) is 11.5 Å². The lowest BCUT2D eigenvalue weighted by atomic mass is 9.53. The van der Waals surface area contributed by atoms with E-state index in [1.165, 1.54) is 0 Å². The lowest BCUT2D eigenvalue weighted by Crippen LogP contribution is -2.64. The summed E-state index contributed by atoms with van der Waals surface area (Å²) in [7, 11) is 0. The largest absolute Gasteiger partial charge is 0.504 e. The fourth-order valence-corrected chi connectivity index (χ4v) is 5.06. The molecule has 5 rings (SSSR count). The molecule has 2 heterocycles. The van der Waals surface area contributed by atoms with Crippen LogP contribution < -0.4 is 4.74 Å². The number of likely N-dealkylation sites (tertiary alicyclic amines) is 1. The zero-order chi connectivity index (χ0) is 16.9. The zero-order valence-electron chi connectivity index (χ0n) is 16.4. The van der Waals surface area contributed by atoms with Crippen molar-refractivity contribution in [2.75, 3.05) is 13.5 Å². The average molecular weight is 379 g/mol. The molecule has 8 N–H and O–H groups in total. The van der Waals surface area contributed by atoms with E-state index in [-0.39, 0.29) is 46.5 Å². The summed E-state index contributed by atoms with van der Waals surface area (Å²) in [5.74, 6) is 0.543. The molecule has 0 unspecified atom stereocenters. The smallest absolute Gasteiger partial charge is 0.165 e. The van der Waals surface area contributed by atoms with Crippen LogP contribution >= 0.6 is 12.4 Å². The van der Waals surface area contributed by atoms with Gasteiger partial charge in [-0.3, -0.25) is 0 Å². The van der Waals surface area contributed by atoms with Gasteiger partial charge in [0.1, 0.15) is 12.2 Å². The maximum Gasteiger partial charge on any atom is 0.165 e. The highest BCUT2D eigenvalue weighted by molar-refractivity contribution is 5.85. The van der Waals surface area contributed by atoms with E-state index in [1.54, 1.807) is 17.0 Å². The Morgan fingerprint density at radius 1 is 1.28 bits per heavy atom. The molecular formula is C17H26ClNO6. The van der Waals surface area contributed by atoms with Crippen molar-refractivity contribution in [2.45, 2.75) is 36.5 Å². The lowest BCUT2D eigenvalue weighted by molar-refractivity contribution is -0.0453. The predicted octanol–water partition coefficient (Wildman–Crippen LogP) is -0.854. The van der Waals surface area contributed by atoms with Crippen LogP contribution in [-0.4, -0.2) is 63.3 Å². The zero-order valence-corrected chi connectivity index (χ0v) is 14.2. The monoisotopic (exact) mass is 378 g/mol. The molecular weight excluding hydrogens is 350 g/mol. The van der Waals surface area contributed by atoms with E-state index in [2.05, 4.69) is 0 Å². The van der Waals surface area contributed by atoms with Crippen LogP contribution in [0.25, 0.3) is 0 Å². The van der Waals surface area contributed by atoms with Crippen molar-refractivity contribution >= 4 is 12.4 Å². The van der Waals surface area contributed by atoms with Gasteiger partial charge >= 0.3 is 0 Å². The highest BCUT2D eigenvalue weighted by Crippen LogP contribution is 2.62. The Morgan fingerprint density at radius 2 is 2.04 bits per heavy atom. The number of hydrogen-bond donors (Lipinski definition) is 2. The van der Waals surface area contributed by atoms with Crippen molar-refractivity contribution in [1.29, 1.82) is 0 Å². The predicted molar refractivity (Wildman–Crippen MR) is 95.7 cm³/mol. The molecule has 1 saturated heterocycles. The molecule has 1 fully saturated rings. The van der Waals surface area contributed by atoms with Crippen LogP contribution in [0, 0.1) is 5.92 Å². The van der Waals surface area contributed by atoms with Gasteiger partial charge in [-0.2, -0.15) is 0 Å². The van der Waals surface area contributed by atoms with E-state index in [9.17, 15) is 10.2 Å². The van der Waals surface area contributed by atoms with E-state index in [1.807, 2.05) is 12.1 Å². The molecule has 2 aliphatic carbocycles. The number of hydrogen-bond acceptors (Lipinski definition) is 4. The minimum Gasteiger partial charge on any atom is -0.504 e. The number of halogens is 1. The first-order valence-electron chi connectivity index (χ1n) is 8.99. The van der Waals surface area contributed by atoms with Gasteiger partial charge in [-0.1, -0.05) is 18.2 Å². The van der Waals surface area contributed by atoms with Crippen molar-refractivity contribution in [3.05, 3.63) is 35.4 Å². The summed E-state index contributed by atoms with van der Waals surface area (Å²) in [5, 5.41) is 20.7. The van der Waals surface area contributed by atoms with E-state index in [4.69, 9.17) is 8.85 Å². The number of phenols is 1. The topological polar surface area (TPSA) is 147 Å². The molecule has 2 bridgehead atoms. The molecule has 7 nitrogen and oxygen atoms in total. The summed E-state index contributed by atoms with van der Waals surface area (Å²) in [6, 6.07) is 3.33. The van der Waals surface area contributed by atoms with E-state index < -0.39 is 24.6 Å². The Labute approximate surface area is 156 Å². The molecule has 142 valence electrons. The van der Waals surface area contributed by atoms with Crippen molar-refractivity contribution in [3.8, 4) is 11.5 Å². The molecule has 2 aliphatic heterocycles. The molecule has 0 saturated carbocycles. The van der Waals surface area contributed by atoms with Crippen molar-refractivity contribution < 1.29 is 35.5 Å². The van der Waals surface area contributed by atoms with Crippen molar-refractivity contribution in [2.24, 2.45) is 5.92 Å². The van der Waals surface area contributed by atoms with E-state index in [0.29, 0.717) is 25.1 Å². The fourth-order valence-electron chi connectivity index (χ4n) is 5.06. The van der Waals surface area contributed by atoms with Crippen LogP contribution in [0.3, 0.4) is 0 Å². The first-order valence-corrected chi connectivity index (χ1v) is 7.49. The maximum absolute atomic E-state index is 10.5. The third-order valence-electron chi connectivity index (χ3n) is 5.87. The molecule has 0 amide bonds. The molecule has 25 heavy (non-hydrogen) atoms. The summed E-state index contributed by atoms with van der Waals surface area (Å²) in [4.78, 5) is 1.62. The minimum absolute atomic E-state index is 0. The van der Waals surface area contributed by atoms with Crippen LogP contribution in [0.15, 0.2) is 24.3 Å². The Balaban J connectivity index is 0.000000980. The number of aromatic hydroxyl groups is 1. The van der Waals surface area contributed by atoms with Crippen LogP contribution in [0.4, 0.5) is 0 Å². The Morgan fingerprint density at radius 3 is 2.76 bits per heavy atom. The van der Waals surface area contributed by atoms with Gasteiger partial charge in [0.25, 0.3) is 0 Å². The Hall–Kier alpha value is -1.35. The van der Waals surface area contributed by atoms with Gasteiger partial charge < -0.3 is 36.3 Å². The average Bonchev–Trinajstić information content (AvgIpc) is 2.85. The molecule has 1 spiro atoms. The van der Waals surface area contributed by atoms with Gasteiger partial charge in [-0.25, -0.2) is 0 Å². The van der Waals surface area contributed by atoms with Crippen LogP contribution in [-0.2, 0) is 11.8 Å². The Kier molecular flexibility index (Phi) is 4.61. The van der Waals surface area contributed by atoms with Crippen molar-refractivity contribution in [1.82, 2.24) is 4.90 Å². The Bertz CT molecular complexity index is 776. The molecule has 1 aromatic rings. The number of piperidine rings is 1. The summed E-state index contributed by atoms with van der Waals surface area (Å²) in [5.41, 5.74) is 1.58. The molecule has 0 aromatic heterocycles. The van der Waals surface area contributed by atoms with E-state index >= 15 is 0 Å². The first kappa shape index (κ1) is 17.1. The minimum atomic E-state index is -2.14. The maximum atomic E-state index is 10.5. The standard InChI is InChI=1S/C17H19NO3.ClH.3H2O/c1-18-7-6-17-10-3-5-13(20)16(17)21-15-12(19)4-2-9(14(15)17)8-11(10)18;;;;/h2-5,10-11,13,16,19-20H,6-8H2,1H3;1H;3*1H2/t10-,11+,13-,16-,17-;;;;/m0..../s1/i1D3;;;;. The molecule has 8 heteroatoms. The first-order chi connectivity index (χ1) is 11.3. The van der Waals surface area contributed by atoms with Gasteiger partial charge in [0.05, 0.1) is 0 Å². The van der Waals surface area contributed by atoms with Gasteiger partial charge in [0, 0.05) is 27.1 Å². The molecule has 4 aliphatic rings. The van der Waals surface area contributed by atoms with Gasteiger partial charge in [-0.05, 0) is 38.0 Å². The molecule has 1 aromatic carbocycles. The third-order valence-corrected chi connectivity index (χ3v) is 5.87. The SMILES string of the molecule is Cl.O.O.O.[2H]C([2H])([2H])N1CC[C@]23c4c5ccc(O)c4O[C@H]2[C@@H](O)C=C[C@H]3[C@H]1C5. The number of benzene rings is 1. The highest BCUT2D eigenvalue weighted by Gasteiger charge is 2.64. The normalized spacial score (nSPS) is 38.0. The summed E-state index contributed by atoms with van der Waals surface area (Å²) < 4.78 is 29.7. The third kappa shape index (κ3) is 2.31. The van der Waals surface area contributed by atoms with Crippen molar-refractivity contribution in [3.63, 3.8) is 0 Å². The van der Waals surface area contributed by atoms with Crippen LogP contribution in [0.5, 0.6) is 11.5 Å². The second kappa shape index (κ2) is 6.75. The summed E-state index contributed by atoms with van der Waals surface area (Å²) >= 11 is 0. The second-order valence-electron chi connectivity index (χ2n) is 6.64. The number of phenolic OH excluding ortho intramolecular Hbond substituents is 1. The van der Waals surface area contributed by atoms with Gasteiger partial charge in [0.2, 0.25) is 0 Å². The number of aliphatic hydroxyl groups is 1. The molecule has 5 atom stereocenters. The summed E-state index contributed by atoms with van der Waals surface area (Å²) in [6.45, 7) is -1.70. The number of aliphatic hydroxyl groups excluding tert-OH is 1. The number of nitrogens with zero attached hydrogens (tertiary/aromatic N) is 1. The number of likely N-dealkylation sites (N-methyl/N-ethyl adjacent to an activating group) is 1. The second-order valence-corrected chi connectivity index (χ2v) is 6.64. The fraction of sp³-hybridized carbons (Fsp3) is 0.529. The summed E-state index contributed by atoms with van der Waals surface area (Å²) in [6.07, 6.45) is 3.69.